The first-order valence-electron chi connectivity index (χ1n) is 5.44. The van der Waals surface area contributed by atoms with Crippen LogP contribution in [-0.2, 0) is 4.74 Å². The van der Waals surface area contributed by atoms with Crippen LogP contribution in [0.4, 0.5) is 0 Å². The van der Waals surface area contributed by atoms with Gasteiger partial charge in [-0.25, -0.2) is 0 Å². The highest BCUT2D eigenvalue weighted by Crippen LogP contribution is 2.24. The molecule has 0 aromatic rings. The van der Waals surface area contributed by atoms with Gasteiger partial charge in [-0.3, -0.25) is 0 Å². The van der Waals surface area contributed by atoms with Gasteiger partial charge in [0, 0.05) is 7.05 Å². The third-order valence-corrected chi connectivity index (χ3v) is 2.34. The topological polar surface area (TPSA) is 12.5 Å². The molecule has 0 unspecified atom stereocenters. The van der Waals surface area contributed by atoms with Crippen LogP contribution in [-0.4, -0.2) is 25.1 Å². The van der Waals surface area contributed by atoms with E-state index in [1.807, 2.05) is 27.7 Å². The van der Waals surface area contributed by atoms with Gasteiger partial charge in [0.15, 0.2) is 0 Å². The van der Waals surface area contributed by atoms with Crippen LogP contribution in [0.5, 0.6) is 0 Å². The standard InChI is InChI=1S/C11H17NO.C2H6/c1-8(2)9(3)11-10(4)13-7-6-12(11)5;1-2/h1,4,6-7H2,2-3,5H3;1-2H3/b11-9+;. The van der Waals surface area contributed by atoms with Crippen LogP contribution in [0, 0.1) is 0 Å². The highest BCUT2D eigenvalue weighted by atomic mass is 16.5. The molecule has 0 aromatic carbocycles. The Labute approximate surface area is 93.9 Å². The molecule has 1 aliphatic heterocycles. The first-order chi connectivity index (χ1) is 7.04. The first kappa shape index (κ1) is 13.8. The molecular formula is C13H23NO. The van der Waals surface area contributed by atoms with Crippen molar-refractivity contribution in [3.63, 3.8) is 0 Å². The van der Waals surface area contributed by atoms with Gasteiger partial charge in [0.05, 0.1) is 12.2 Å². The lowest BCUT2D eigenvalue weighted by Crippen LogP contribution is -2.30. The Morgan fingerprint density at radius 2 is 1.87 bits per heavy atom. The Morgan fingerprint density at radius 1 is 1.33 bits per heavy atom. The molecule has 2 heteroatoms. The van der Waals surface area contributed by atoms with E-state index >= 15 is 0 Å². The molecule has 1 rings (SSSR count). The average Bonchev–Trinajstić information content (AvgIpc) is 2.20. The van der Waals surface area contributed by atoms with Crippen LogP contribution in [0.15, 0.2) is 35.8 Å². The van der Waals surface area contributed by atoms with E-state index in [2.05, 4.69) is 25.1 Å². The Kier molecular flexibility index (Phi) is 5.83. The van der Waals surface area contributed by atoms with E-state index in [0.717, 1.165) is 35.8 Å². The molecule has 0 aliphatic carbocycles. The predicted octanol–water partition coefficient (Wildman–Crippen LogP) is 3.34. The summed E-state index contributed by atoms with van der Waals surface area (Å²) < 4.78 is 5.40. The Hall–Kier alpha value is -1.18. The van der Waals surface area contributed by atoms with Crippen LogP contribution in [0.3, 0.4) is 0 Å². The number of morpholine rings is 1. The summed E-state index contributed by atoms with van der Waals surface area (Å²) in [4.78, 5) is 2.16. The minimum Gasteiger partial charge on any atom is -0.490 e. The molecule has 2 nitrogen and oxygen atoms in total. The third-order valence-electron chi connectivity index (χ3n) is 2.34. The molecule has 0 atom stereocenters. The summed E-state index contributed by atoms with van der Waals surface area (Å²) in [5.41, 5.74) is 3.31. The highest BCUT2D eigenvalue weighted by molar-refractivity contribution is 5.38. The second-order valence-corrected chi connectivity index (χ2v) is 3.45. The second-order valence-electron chi connectivity index (χ2n) is 3.45. The van der Waals surface area contributed by atoms with Gasteiger partial charge in [-0.15, -0.1) is 0 Å². The number of hydrogen-bond donors (Lipinski definition) is 0. The molecule has 86 valence electrons. The van der Waals surface area contributed by atoms with Crippen molar-refractivity contribution in [3.8, 4) is 0 Å². The number of likely N-dealkylation sites (N-methyl/N-ethyl adjacent to an activating group) is 1. The fraction of sp³-hybridized carbons (Fsp3) is 0.538. The van der Waals surface area contributed by atoms with Crippen molar-refractivity contribution in [2.45, 2.75) is 27.7 Å². The molecule has 1 aliphatic rings. The number of nitrogens with zero attached hydrogens (tertiary/aromatic N) is 1. The smallest absolute Gasteiger partial charge is 0.135 e. The maximum Gasteiger partial charge on any atom is 0.135 e. The lowest BCUT2D eigenvalue weighted by atomic mass is 10.1. The molecule has 0 N–H and O–H groups in total. The van der Waals surface area contributed by atoms with E-state index in [1.165, 1.54) is 0 Å². The van der Waals surface area contributed by atoms with Crippen molar-refractivity contribution in [2.75, 3.05) is 20.2 Å². The van der Waals surface area contributed by atoms with Gasteiger partial charge in [0.25, 0.3) is 0 Å². The van der Waals surface area contributed by atoms with Crippen molar-refractivity contribution in [2.24, 2.45) is 0 Å². The number of hydrogen-bond acceptors (Lipinski definition) is 2. The lowest BCUT2D eigenvalue weighted by molar-refractivity contribution is 0.142. The fourth-order valence-corrected chi connectivity index (χ4v) is 1.40. The van der Waals surface area contributed by atoms with E-state index in [9.17, 15) is 0 Å². The van der Waals surface area contributed by atoms with E-state index in [4.69, 9.17) is 4.74 Å². The van der Waals surface area contributed by atoms with Crippen molar-refractivity contribution in [1.82, 2.24) is 4.90 Å². The van der Waals surface area contributed by atoms with Gasteiger partial charge >= 0.3 is 0 Å². The molecule has 1 saturated heterocycles. The maximum absolute atomic E-state index is 5.40. The summed E-state index contributed by atoms with van der Waals surface area (Å²) in [5.74, 6) is 0.759. The zero-order chi connectivity index (χ0) is 12.0. The van der Waals surface area contributed by atoms with Gasteiger partial charge in [-0.2, -0.15) is 0 Å². The average molecular weight is 209 g/mol. The monoisotopic (exact) mass is 209 g/mol. The Balaban J connectivity index is 0.000000921. The number of ether oxygens (including phenoxy) is 1. The Bertz CT molecular complexity index is 276. The number of allylic oxidation sites excluding steroid dienone is 2. The summed E-state index contributed by atoms with van der Waals surface area (Å²) in [6.45, 7) is 17.5. The van der Waals surface area contributed by atoms with Crippen LogP contribution in [0.2, 0.25) is 0 Å². The van der Waals surface area contributed by atoms with Crippen LogP contribution in [0.1, 0.15) is 27.7 Å². The molecule has 1 fully saturated rings. The summed E-state index contributed by atoms with van der Waals surface area (Å²) in [5, 5.41) is 0. The predicted molar refractivity (Wildman–Crippen MR) is 66.6 cm³/mol. The molecule has 0 saturated carbocycles. The second kappa shape index (κ2) is 6.33. The van der Waals surface area contributed by atoms with E-state index in [1.54, 1.807) is 0 Å². The van der Waals surface area contributed by atoms with Crippen LogP contribution < -0.4 is 0 Å². The third kappa shape index (κ3) is 3.46. The minimum atomic E-state index is 0.725. The zero-order valence-electron chi connectivity index (χ0n) is 10.7. The van der Waals surface area contributed by atoms with E-state index in [0.29, 0.717) is 0 Å². The highest BCUT2D eigenvalue weighted by Gasteiger charge is 2.18. The molecule has 0 amide bonds. The van der Waals surface area contributed by atoms with Gasteiger partial charge in [-0.1, -0.05) is 32.6 Å². The summed E-state index contributed by atoms with van der Waals surface area (Å²) in [6, 6.07) is 0. The lowest BCUT2D eigenvalue weighted by Gasteiger charge is -2.31. The van der Waals surface area contributed by atoms with Crippen molar-refractivity contribution < 1.29 is 4.74 Å². The Morgan fingerprint density at radius 3 is 2.27 bits per heavy atom. The van der Waals surface area contributed by atoms with Gasteiger partial charge < -0.3 is 9.64 Å². The van der Waals surface area contributed by atoms with Gasteiger partial charge in [0.2, 0.25) is 0 Å². The fourth-order valence-electron chi connectivity index (χ4n) is 1.40. The SMILES string of the molecule is C=C(C)/C(C)=C1\C(=C)OCCN1C.CC. The molecule has 0 bridgehead atoms. The molecule has 0 spiro atoms. The largest absolute Gasteiger partial charge is 0.490 e. The molecular weight excluding hydrogens is 186 g/mol. The quantitative estimate of drug-likeness (QED) is 0.656. The summed E-state index contributed by atoms with van der Waals surface area (Å²) in [7, 11) is 2.05. The summed E-state index contributed by atoms with van der Waals surface area (Å²) in [6.07, 6.45) is 0. The number of rotatable bonds is 1. The molecule has 15 heavy (non-hydrogen) atoms. The summed E-state index contributed by atoms with van der Waals surface area (Å²) >= 11 is 0. The van der Waals surface area contributed by atoms with Gasteiger partial charge in [-0.05, 0) is 19.4 Å². The van der Waals surface area contributed by atoms with Gasteiger partial charge in [0.1, 0.15) is 12.4 Å². The zero-order valence-corrected chi connectivity index (χ0v) is 10.7. The van der Waals surface area contributed by atoms with E-state index in [-0.39, 0.29) is 0 Å². The van der Waals surface area contributed by atoms with Crippen LogP contribution in [0.25, 0.3) is 0 Å². The molecule has 0 aromatic heterocycles. The minimum absolute atomic E-state index is 0.725. The van der Waals surface area contributed by atoms with Crippen molar-refractivity contribution in [3.05, 3.63) is 35.8 Å². The van der Waals surface area contributed by atoms with Crippen molar-refractivity contribution in [1.29, 1.82) is 0 Å². The van der Waals surface area contributed by atoms with E-state index < -0.39 is 0 Å². The van der Waals surface area contributed by atoms with Crippen LogP contribution >= 0.6 is 0 Å². The van der Waals surface area contributed by atoms with Crippen molar-refractivity contribution >= 4 is 0 Å². The first-order valence-corrected chi connectivity index (χ1v) is 5.44. The molecule has 0 radical (unpaired) electrons. The maximum atomic E-state index is 5.40. The molecule has 1 heterocycles. The normalized spacial score (nSPS) is 18.7.